The molecule has 0 saturated carbocycles. The van der Waals surface area contributed by atoms with E-state index < -0.39 is 5.60 Å². The molecule has 0 fully saturated rings. The number of halogens is 1. The van der Waals surface area contributed by atoms with Crippen LogP contribution in [-0.2, 0) is 12.8 Å². The summed E-state index contributed by atoms with van der Waals surface area (Å²) < 4.78 is 13.5. The molecule has 0 aliphatic heterocycles. The second-order valence-corrected chi connectivity index (χ2v) is 5.88. The third-order valence-corrected chi connectivity index (χ3v) is 3.96. The molecule has 0 bridgehead atoms. The van der Waals surface area contributed by atoms with Crippen LogP contribution in [0.25, 0.3) is 0 Å². The number of hydrogen-bond acceptors (Lipinski definition) is 2. The summed E-state index contributed by atoms with van der Waals surface area (Å²) in [5.74, 6) is -0.242. The second kappa shape index (κ2) is 5.63. The molecule has 3 heteroatoms. The van der Waals surface area contributed by atoms with Crippen molar-refractivity contribution in [3.63, 3.8) is 0 Å². The van der Waals surface area contributed by atoms with Crippen LogP contribution in [0, 0.1) is 5.82 Å². The Bertz CT molecular complexity index is 491. The molecule has 2 rings (SSSR count). The van der Waals surface area contributed by atoms with Gasteiger partial charge in [0.15, 0.2) is 0 Å². The third-order valence-electron chi connectivity index (χ3n) is 3.02. The molecule has 1 unspecified atom stereocenters. The summed E-state index contributed by atoms with van der Waals surface area (Å²) in [7, 11) is 0. The molecule has 2 aromatic rings. The van der Waals surface area contributed by atoms with Gasteiger partial charge in [0, 0.05) is 11.3 Å². The fourth-order valence-electron chi connectivity index (χ4n) is 1.99. The molecule has 0 amide bonds. The first kappa shape index (κ1) is 13.2. The Hall–Kier alpha value is -1.19. The van der Waals surface area contributed by atoms with E-state index in [9.17, 15) is 9.50 Å². The highest BCUT2D eigenvalue weighted by Crippen LogP contribution is 2.22. The SMILES string of the molecule is CC(O)(CCc1cccs1)Cc1ccccc1F. The Kier molecular flexibility index (Phi) is 4.15. The summed E-state index contributed by atoms with van der Waals surface area (Å²) in [4.78, 5) is 1.25. The van der Waals surface area contributed by atoms with Crippen LogP contribution in [-0.4, -0.2) is 10.7 Å². The van der Waals surface area contributed by atoms with Crippen LogP contribution in [0.4, 0.5) is 4.39 Å². The molecular formula is C15H17FOS. The average Bonchev–Trinajstić information content (AvgIpc) is 2.83. The summed E-state index contributed by atoms with van der Waals surface area (Å²) in [5.41, 5.74) is -0.291. The fraction of sp³-hybridized carbons (Fsp3) is 0.333. The van der Waals surface area contributed by atoms with Gasteiger partial charge in [-0.1, -0.05) is 24.3 Å². The molecule has 0 aliphatic rings. The first-order chi connectivity index (χ1) is 8.57. The lowest BCUT2D eigenvalue weighted by Crippen LogP contribution is -2.28. The van der Waals surface area contributed by atoms with E-state index in [1.54, 1.807) is 36.5 Å². The van der Waals surface area contributed by atoms with Gasteiger partial charge in [-0.15, -0.1) is 11.3 Å². The van der Waals surface area contributed by atoms with E-state index in [2.05, 4.69) is 6.07 Å². The number of benzene rings is 1. The quantitative estimate of drug-likeness (QED) is 0.870. The maximum Gasteiger partial charge on any atom is 0.126 e. The number of aryl methyl sites for hydroxylation is 1. The minimum atomic E-state index is -0.869. The van der Waals surface area contributed by atoms with Gasteiger partial charge in [-0.05, 0) is 42.8 Å². The maximum atomic E-state index is 13.5. The zero-order chi connectivity index (χ0) is 13.0. The van der Waals surface area contributed by atoms with Crippen LogP contribution in [0.2, 0.25) is 0 Å². The summed E-state index contributed by atoms with van der Waals surface area (Å²) in [6, 6.07) is 10.7. The molecule has 1 heterocycles. The van der Waals surface area contributed by atoms with Crippen molar-refractivity contribution in [1.29, 1.82) is 0 Å². The van der Waals surface area contributed by atoms with Gasteiger partial charge in [0.2, 0.25) is 0 Å². The van der Waals surface area contributed by atoms with E-state index >= 15 is 0 Å². The van der Waals surface area contributed by atoms with Gasteiger partial charge in [0.1, 0.15) is 5.82 Å². The van der Waals surface area contributed by atoms with Crippen LogP contribution in [0.15, 0.2) is 41.8 Å². The molecule has 1 aromatic heterocycles. The third kappa shape index (κ3) is 3.65. The number of hydrogen-bond donors (Lipinski definition) is 1. The lowest BCUT2D eigenvalue weighted by Gasteiger charge is -2.23. The molecule has 1 N–H and O–H groups in total. The van der Waals surface area contributed by atoms with Crippen molar-refractivity contribution in [2.45, 2.75) is 31.8 Å². The molecule has 96 valence electrons. The summed E-state index contributed by atoms with van der Waals surface area (Å²) in [6.45, 7) is 1.77. The first-order valence-electron chi connectivity index (χ1n) is 6.05. The van der Waals surface area contributed by atoms with Crippen LogP contribution < -0.4 is 0 Å². The Balaban J connectivity index is 1.97. The molecule has 1 atom stereocenters. The molecule has 0 radical (unpaired) electrons. The number of rotatable bonds is 5. The van der Waals surface area contributed by atoms with E-state index in [0.29, 0.717) is 18.4 Å². The standard InChI is InChI=1S/C15H17FOS/c1-15(17,9-8-13-6-4-10-18-13)11-12-5-2-3-7-14(12)16/h2-7,10,17H,8-9,11H2,1H3. The predicted octanol–water partition coefficient (Wildman–Crippen LogP) is 3.81. The molecular weight excluding hydrogens is 247 g/mol. The van der Waals surface area contributed by atoms with Crippen molar-refractivity contribution in [3.8, 4) is 0 Å². The van der Waals surface area contributed by atoms with Crippen molar-refractivity contribution >= 4 is 11.3 Å². The van der Waals surface area contributed by atoms with Gasteiger partial charge >= 0.3 is 0 Å². The van der Waals surface area contributed by atoms with Crippen LogP contribution in [0.5, 0.6) is 0 Å². The Morgan fingerprint density at radius 1 is 1.22 bits per heavy atom. The van der Waals surface area contributed by atoms with Crippen LogP contribution in [0.3, 0.4) is 0 Å². The topological polar surface area (TPSA) is 20.2 Å². The van der Waals surface area contributed by atoms with Gasteiger partial charge < -0.3 is 5.11 Å². The smallest absolute Gasteiger partial charge is 0.126 e. The first-order valence-corrected chi connectivity index (χ1v) is 6.93. The van der Waals surface area contributed by atoms with E-state index in [4.69, 9.17) is 0 Å². The molecule has 0 aliphatic carbocycles. The Morgan fingerprint density at radius 2 is 2.00 bits per heavy atom. The maximum absolute atomic E-state index is 13.5. The van der Waals surface area contributed by atoms with Crippen molar-refractivity contribution < 1.29 is 9.50 Å². The highest BCUT2D eigenvalue weighted by molar-refractivity contribution is 7.09. The average molecular weight is 264 g/mol. The van der Waals surface area contributed by atoms with Gasteiger partial charge in [0.05, 0.1) is 5.60 Å². The zero-order valence-corrected chi connectivity index (χ0v) is 11.2. The van der Waals surface area contributed by atoms with E-state index in [1.807, 2.05) is 11.4 Å². The lowest BCUT2D eigenvalue weighted by molar-refractivity contribution is 0.0509. The highest BCUT2D eigenvalue weighted by atomic mass is 32.1. The minimum Gasteiger partial charge on any atom is -0.390 e. The molecule has 18 heavy (non-hydrogen) atoms. The second-order valence-electron chi connectivity index (χ2n) is 4.84. The monoisotopic (exact) mass is 264 g/mol. The van der Waals surface area contributed by atoms with Gasteiger partial charge in [-0.3, -0.25) is 0 Å². The predicted molar refractivity (Wildman–Crippen MR) is 73.4 cm³/mol. The van der Waals surface area contributed by atoms with Crippen molar-refractivity contribution in [1.82, 2.24) is 0 Å². The van der Waals surface area contributed by atoms with E-state index in [1.165, 1.54) is 10.9 Å². The lowest BCUT2D eigenvalue weighted by atomic mass is 9.91. The Labute approximate surface area is 111 Å². The van der Waals surface area contributed by atoms with Gasteiger partial charge in [0.25, 0.3) is 0 Å². The largest absolute Gasteiger partial charge is 0.390 e. The fourth-order valence-corrected chi connectivity index (χ4v) is 2.70. The van der Waals surface area contributed by atoms with E-state index in [-0.39, 0.29) is 5.82 Å². The minimum absolute atomic E-state index is 0.242. The molecule has 1 aromatic carbocycles. The molecule has 0 saturated heterocycles. The Morgan fingerprint density at radius 3 is 2.67 bits per heavy atom. The summed E-state index contributed by atoms with van der Waals surface area (Å²) >= 11 is 1.69. The molecule has 0 spiro atoms. The van der Waals surface area contributed by atoms with Gasteiger partial charge in [-0.25, -0.2) is 4.39 Å². The highest BCUT2D eigenvalue weighted by Gasteiger charge is 2.22. The zero-order valence-electron chi connectivity index (χ0n) is 10.4. The van der Waals surface area contributed by atoms with Crippen LogP contribution >= 0.6 is 11.3 Å². The van der Waals surface area contributed by atoms with Crippen molar-refractivity contribution in [2.24, 2.45) is 0 Å². The normalized spacial score (nSPS) is 14.4. The van der Waals surface area contributed by atoms with Gasteiger partial charge in [-0.2, -0.15) is 0 Å². The summed E-state index contributed by atoms with van der Waals surface area (Å²) in [6.07, 6.45) is 1.83. The summed E-state index contributed by atoms with van der Waals surface area (Å²) in [5, 5.41) is 12.4. The van der Waals surface area contributed by atoms with E-state index in [0.717, 1.165) is 6.42 Å². The molecule has 1 nitrogen and oxygen atoms in total. The van der Waals surface area contributed by atoms with Crippen LogP contribution in [0.1, 0.15) is 23.8 Å². The van der Waals surface area contributed by atoms with Crippen molar-refractivity contribution in [3.05, 3.63) is 58.0 Å². The number of aliphatic hydroxyl groups is 1. The number of thiophene rings is 1. The van der Waals surface area contributed by atoms with Crippen molar-refractivity contribution in [2.75, 3.05) is 0 Å².